The minimum absolute atomic E-state index is 0.0665. The third-order valence-electron chi connectivity index (χ3n) is 4.50. The van der Waals surface area contributed by atoms with Gasteiger partial charge in [0.15, 0.2) is 0 Å². The molecule has 3 heteroatoms. The summed E-state index contributed by atoms with van der Waals surface area (Å²) in [6.07, 6.45) is 2.41. The molecule has 0 heterocycles. The van der Waals surface area contributed by atoms with Crippen molar-refractivity contribution in [3.8, 4) is 0 Å². The number of allylic oxidation sites excluding steroid dienone is 1. The minimum Gasteiger partial charge on any atom is -0.306 e. The molecule has 27 heavy (non-hydrogen) atoms. The van der Waals surface area contributed by atoms with Crippen LogP contribution >= 0.6 is 15.9 Å². The predicted molar refractivity (Wildman–Crippen MR) is 116 cm³/mol. The Kier molecular flexibility index (Phi) is 6.61. The normalized spacial score (nSPS) is 11.6. The molecule has 0 saturated carbocycles. The number of nitrogens with zero attached hydrogens (tertiary/aromatic N) is 1. The van der Waals surface area contributed by atoms with Gasteiger partial charge in [-0.1, -0.05) is 78.9 Å². The zero-order chi connectivity index (χ0) is 19.1. The van der Waals surface area contributed by atoms with Crippen molar-refractivity contribution < 1.29 is 4.79 Å². The Morgan fingerprint density at radius 1 is 0.926 bits per heavy atom. The van der Waals surface area contributed by atoms with Crippen LogP contribution in [0.2, 0.25) is 0 Å². The van der Waals surface area contributed by atoms with Crippen LogP contribution in [0.5, 0.6) is 0 Å². The topological polar surface area (TPSA) is 20.3 Å². The third kappa shape index (κ3) is 4.75. The summed E-state index contributed by atoms with van der Waals surface area (Å²) < 4.78 is 0.902. The maximum atomic E-state index is 13.6. The number of hydrogen-bond donors (Lipinski definition) is 0. The molecule has 0 spiro atoms. The molecule has 0 aliphatic carbocycles. The molecule has 0 radical (unpaired) electrons. The van der Waals surface area contributed by atoms with Crippen molar-refractivity contribution >= 4 is 27.5 Å². The average molecular weight is 420 g/mol. The highest BCUT2D eigenvalue weighted by atomic mass is 79.9. The molecule has 0 aliphatic rings. The second kappa shape index (κ2) is 9.33. The molecule has 3 rings (SSSR count). The first-order valence-electron chi connectivity index (χ1n) is 8.96. The van der Waals surface area contributed by atoms with Gasteiger partial charge in [0, 0.05) is 4.47 Å². The molecule has 0 aromatic heterocycles. The smallest absolute Gasteiger partial charge is 0.235 e. The van der Waals surface area contributed by atoms with Gasteiger partial charge in [-0.2, -0.15) is 0 Å². The van der Waals surface area contributed by atoms with Gasteiger partial charge in [-0.15, -0.1) is 6.58 Å². The number of carbonyl (C=O) groups is 1. The van der Waals surface area contributed by atoms with Crippen LogP contribution in [0.3, 0.4) is 0 Å². The minimum atomic E-state index is -0.264. The van der Waals surface area contributed by atoms with Gasteiger partial charge in [0.05, 0.1) is 18.2 Å². The van der Waals surface area contributed by atoms with Crippen LogP contribution in [0, 0.1) is 0 Å². The van der Waals surface area contributed by atoms with Crippen molar-refractivity contribution in [1.82, 2.24) is 0 Å². The predicted octanol–water partition coefficient (Wildman–Crippen LogP) is 6.34. The lowest BCUT2D eigenvalue weighted by Crippen LogP contribution is -2.35. The molecule has 0 aliphatic heterocycles. The Labute approximate surface area is 169 Å². The highest BCUT2D eigenvalue weighted by Gasteiger charge is 2.27. The Balaban J connectivity index is 2.01. The summed E-state index contributed by atoms with van der Waals surface area (Å²) in [6, 6.07) is 27.8. The van der Waals surface area contributed by atoms with Crippen LogP contribution in [0.1, 0.15) is 23.5 Å². The first-order valence-corrected chi connectivity index (χ1v) is 9.75. The van der Waals surface area contributed by atoms with Crippen LogP contribution in [-0.4, -0.2) is 5.91 Å². The van der Waals surface area contributed by atoms with E-state index in [1.807, 2.05) is 95.9 Å². The van der Waals surface area contributed by atoms with Crippen LogP contribution in [0.15, 0.2) is 102 Å². The van der Waals surface area contributed by atoms with Gasteiger partial charge in [-0.25, -0.2) is 0 Å². The Morgan fingerprint density at radius 2 is 1.52 bits per heavy atom. The zero-order valence-electron chi connectivity index (χ0n) is 15.1. The van der Waals surface area contributed by atoms with E-state index >= 15 is 0 Å². The molecular formula is C24H22BrNO. The second-order valence-electron chi connectivity index (χ2n) is 6.35. The van der Waals surface area contributed by atoms with E-state index in [0.717, 1.165) is 21.3 Å². The Hall–Kier alpha value is -2.65. The van der Waals surface area contributed by atoms with E-state index in [4.69, 9.17) is 0 Å². The lowest BCUT2D eigenvalue weighted by Gasteiger charge is -2.28. The van der Waals surface area contributed by atoms with Gasteiger partial charge in [-0.05, 0) is 45.6 Å². The highest BCUT2D eigenvalue weighted by molar-refractivity contribution is 9.10. The van der Waals surface area contributed by atoms with Crippen LogP contribution in [0.25, 0.3) is 0 Å². The summed E-state index contributed by atoms with van der Waals surface area (Å²) >= 11 is 3.61. The van der Waals surface area contributed by atoms with Crippen molar-refractivity contribution in [2.24, 2.45) is 0 Å². The van der Waals surface area contributed by atoms with Crippen LogP contribution in [0.4, 0.5) is 5.69 Å². The van der Waals surface area contributed by atoms with E-state index in [-0.39, 0.29) is 11.8 Å². The monoisotopic (exact) mass is 419 g/mol. The number of benzene rings is 3. The van der Waals surface area contributed by atoms with Gasteiger partial charge in [0.1, 0.15) is 0 Å². The first-order chi connectivity index (χ1) is 13.2. The number of halogens is 1. The van der Waals surface area contributed by atoms with Crippen molar-refractivity contribution in [3.63, 3.8) is 0 Å². The number of carbonyl (C=O) groups excluding carboxylic acids is 1. The summed E-state index contributed by atoms with van der Waals surface area (Å²) in [5.74, 6) is -0.198. The van der Waals surface area contributed by atoms with Crippen molar-refractivity contribution in [2.75, 3.05) is 4.90 Å². The Morgan fingerprint density at radius 3 is 2.15 bits per heavy atom. The van der Waals surface area contributed by atoms with E-state index < -0.39 is 0 Å². The zero-order valence-corrected chi connectivity index (χ0v) is 16.7. The quantitative estimate of drug-likeness (QED) is 0.409. The average Bonchev–Trinajstić information content (AvgIpc) is 2.72. The molecule has 0 fully saturated rings. The summed E-state index contributed by atoms with van der Waals surface area (Å²) in [6.45, 7) is 4.38. The second-order valence-corrected chi connectivity index (χ2v) is 7.20. The molecule has 136 valence electrons. The van der Waals surface area contributed by atoms with Gasteiger partial charge < -0.3 is 4.90 Å². The fourth-order valence-corrected chi connectivity index (χ4v) is 3.64. The van der Waals surface area contributed by atoms with Gasteiger partial charge in [-0.3, -0.25) is 4.79 Å². The largest absolute Gasteiger partial charge is 0.306 e. The molecule has 2 nitrogen and oxygen atoms in total. The molecule has 1 atom stereocenters. The highest BCUT2D eigenvalue weighted by Crippen LogP contribution is 2.32. The molecule has 0 saturated heterocycles. The summed E-state index contributed by atoms with van der Waals surface area (Å²) in [7, 11) is 0. The van der Waals surface area contributed by atoms with E-state index in [2.05, 4.69) is 22.5 Å². The third-order valence-corrected chi connectivity index (χ3v) is 5.17. The summed E-state index contributed by atoms with van der Waals surface area (Å²) in [5, 5.41) is 0. The summed E-state index contributed by atoms with van der Waals surface area (Å²) in [5.41, 5.74) is 2.97. The van der Waals surface area contributed by atoms with E-state index in [0.29, 0.717) is 13.0 Å². The molecule has 3 aromatic rings. The van der Waals surface area contributed by atoms with E-state index in [9.17, 15) is 4.79 Å². The SMILES string of the molecule is C=CCC(C(=O)N(Cc1ccccc1)c1ccccc1Br)c1ccccc1. The molecule has 0 N–H and O–H groups in total. The number of hydrogen-bond acceptors (Lipinski definition) is 1. The van der Waals surface area contributed by atoms with E-state index in [1.165, 1.54) is 0 Å². The number of anilines is 1. The van der Waals surface area contributed by atoms with E-state index in [1.54, 1.807) is 0 Å². The van der Waals surface area contributed by atoms with Crippen molar-refractivity contribution in [1.29, 1.82) is 0 Å². The lowest BCUT2D eigenvalue weighted by atomic mass is 9.93. The molecule has 3 aromatic carbocycles. The van der Waals surface area contributed by atoms with Crippen LogP contribution < -0.4 is 4.90 Å². The maximum Gasteiger partial charge on any atom is 0.235 e. The lowest BCUT2D eigenvalue weighted by molar-refractivity contribution is -0.120. The standard InChI is InChI=1S/C24H22BrNO/c1-2-11-21(20-14-7-4-8-15-20)24(27)26(18-19-12-5-3-6-13-19)23-17-10-9-16-22(23)25/h2-10,12-17,21H,1,11,18H2. The van der Waals surface area contributed by atoms with Crippen molar-refractivity contribution in [3.05, 3.63) is 113 Å². The molecule has 1 amide bonds. The summed E-state index contributed by atoms with van der Waals surface area (Å²) in [4.78, 5) is 15.5. The maximum absolute atomic E-state index is 13.6. The first kappa shape index (κ1) is 19.1. The number of amides is 1. The van der Waals surface area contributed by atoms with Crippen LogP contribution in [-0.2, 0) is 11.3 Å². The fourth-order valence-electron chi connectivity index (χ4n) is 3.14. The van der Waals surface area contributed by atoms with Gasteiger partial charge in [0.25, 0.3) is 0 Å². The molecular weight excluding hydrogens is 398 g/mol. The van der Waals surface area contributed by atoms with Gasteiger partial charge >= 0.3 is 0 Å². The number of para-hydroxylation sites is 1. The number of rotatable bonds is 7. The molecule has 0 bridgehead atoms. The fraction of sp³-hybridized carbons (Fsp3) is 0.125. The Bertz CT molecular complexity index is 893. The molecule has 1 unspecified atom stereocenters. The van der Waals surface area contributed by atoms with Crippen molar-refractivity contribution in [2.45, 2.75) is 18.9 Å². The van der Waals surface area contributed by atoms with Gasteiger partial charge in [0.2, 0.25) is 5.91 Å².